The van der Waals surface area contributed by atoms with Gasteiger partial charge in [-0.25, -0.2) is 0 Å². The van der Waals surface area contributed by atoms with Crippen LogP contribution < -0.4 is 10.4 Å². The SMILES string of the molecule is C=C[Si](OCCCC)(c1ccccc1)c1ccccc1. The molecule has 0 amide bonds. The molecule has 104 valence electrons. The van der Waals surface area contributed by atoms with Crippen LogP contribution in [0, 0.1) is 0 Å². The molecule has 0 saturated heterocycles. The Labute approximate surface area is 123 Å². The molecule has 0 aliphatic carbocycles. The van der Waals surface area contributed by atoms with Gasteiger partial charge in [-0.1, -0.05) is 79.7 Å². The first-order valence-electron chi connectivity index (χ1n) is 7.22. The Hall–Kier alpha value is -1.64. The first kappa shape index (κ1) is 14.8. The molecule has 0 N–H and O–H groups in total. The fourth-order valence-corrected chi connectivity index (χ4v) is 5.47. The van der Waals surface area contributed by atoms with Crippen molar-refractivity contribution in [2.45, 2.75) is 19.8 Å². The van der Waals surface area contributed by atoms with E-state index in [1.807, 2.05) is 17.8 Å². The summed E-state index contributed by atoms with van der Waals surface area (Å²) in [7, 11) is -2.30. The van der Waals surface area contributed by atoms with E-state index in [9.17, 15) is 0 Å². The summed E-state index contributed by atoms with van der Waals surface area (Å²) in [4.78, 5) is 0. The summed E-state index contributed by atoms with van der Waals surface area (Å²) in [6.45, 7) is 7.08. The van der Waals surface area contributed by atoms with Gasteiger partial charge in [-0.3, -0.25) is 0 Å². The third-order valence-electron chi connectivity index (χ3n) is 3.52. The molecule has 0 atom stereocenters. The van der Waals surface area contributed by atoms with Crippen LogP contribution in [0.4, 0.5) is 0 Å². The summed E-state index contributed by atoms with van der Waals surface area (Å²) >= 11 is 0. The van der Waals surface area contributed by atoms with Gasteiger partial charge in [0, 0.05) is 6.61 Å². The van der Waals surface area contributed by atoms with Gasteiger partial charge in [0.2, 0.25) is 0 Å². The third kappa shape index (κ3) is 3.09. The molecular formula is C18H22OSi. The molecule has 0 fully saturated rings. The molecule has 2 aromatic rings. The van der Waals surface area contributed by atoms with Crippen molar-refractivity contribution in [1.82, 2.24) is 0 Å². The molecule has 2 rings (SSSR count). The molecule has 2 heteroatoms. The van der Waals surface area contributed by atoms with E-state index >= 15 is 0 Å². The van der Waals surface area contributed by atoms with E-state index < -0.39 is 8.32 Å². The number of hydrogen-bond acceptors (Lipinski definition) is 1. The molecule has 0 aromatic heterocycles. The highest BCUT2D eigenvalue weighted by atomic mass is 28.4. The maximum Gasteiger partial charge on any atom is 0.280 e. The minimum atomic E-state index is -2.30. The molecular weight excluding hydrogens is 260 g/mol. The van der Waals surface area contributed by atoms with Crippen molar-refractivity contribution in [2.75, 3.05) is 6.61 Å². The van der Waals surface area contributed by atoms with Crippen molar-refractivity contribution in [3.63, 3.8) is 0 Å². The van der Waals surface area contributed by atoms with E-state index in [4.69, 9.17) is 4.43 Å². The zero-order valence-corrected chi connectivity index (χ0v) is 13.1. The van der Waals surface area contributed by atoms with Gasteiger partial charge < -0.3 is 4.43 Å². The molecule has 0 radical (unpaired) electrons. The predicted molar refractivity (Wildman–Crippen MR) is 89.0 cm³/mol. The highest BCUT2D eigenvalue weighted by Crippen LogP contribution is 2.10. The largest absolute Gasteiger partial charge is 0.405 e. The minimum Gasteiger partial charge on any atom is -0.405 e. The van der Waals surface area contributed by atoms with E-state index in [0.717, 1.165) is 19.4 Å². The summed E-state index contributed by atoms with van der Waals surface area (Å²) in [5.41, 5.74) is 2.05. The van der Waals surface area contributed by atoms with Gasteiger partial charge in [0.25, 0.3) is 8.32 Å². The lowest BCUT2D eigenvalue weighted by atomic mass is 10.4. The van der Waals surface area contributed by atoms with Crippen molar-refractivity contribution in [3.05, 3.63) is 72.9 Å². The van der Waals surface area contributed by atoms with Gasteiger partial charge in [0.05, 0.1) is 0 Å². The topological polar surface area (TPSA) is 9.23 Å². The highest BCUT2D eigenvalue weighted by molar-refractivity contribution is 7.01. The van der Waals surface area contributed by atoms with Crippen molar-refractivity contribution in [1.29, 1.82) is 0 Å². The molecule has 0 aliphatic rings. The first-order valence-corrected chi connectivity index (χ1v) is 9.20. The van der Waals surface area contributed by atoms with Gasteiger partial charge in [-0.15, -0.1) is 6.58 Å². The van der Waals surface area contributed by atoms with Gasteiger partial charge in [-0.05, 0) is 16.8 Å². The first-order chi connectivity index (χ1) is 9.83. The number of hydrogen-bond donors (Lipinski definition) is 0. The smallest absolute Gasteiger partial charge is 0.280 e. The van der Waals surface area contributed by atoms with Crippen LogP contribution in [0.2, 0.25) is 0 Å². The van der Waals surface area contributed by atoms with E-state index in [0.29, 0.717) is 0 Å². The van der Waals surface area contributed by atoms with Gasteiger partial charge in [0.1, 0.15) is 0 Å². The van der Waals surface area contributed by atoms with Crippen LogP contribution in [0.5, 0.6) is 0 Å². The molecule has 0 aliphatic heterocycles. The fourth-order valence-electron chi connectivity index (χ4n) is 2.38. The standard InChI is InChI=1S/C18H22OSi/c1-3-5-16-19-20(4-2,17-12-8-6-9-13-17)18-14-10-7-11-15-18/h4,6-15H,2-3,5,16H2,1H3. The van der Waals surface area contributed by atoms with E-state index in [1.54, 1.807) is 0 Å². The van der Waals surface area contributed by atoms with Crippen LogP contribution in [-0.4, -0.2) is 14.9 Å². The van der Waals surface area contributed by atoms with Crippen LogP contribution in [0.15, 0.2) is 72.9 Å². The fraction of sp³-hybridized carbons (Fsp3) is 0.222. The molecule has 0 bridgehead atoms. The Bertz CT molecular complexity index is 482. The molecule has 2 aromatic carbocycles. The Morgan fingerprint density at radius 2 is 1.45 bits per heavy atom. The van der Waals surface area contributed by atoms with E-state index in [2.05, 4.69) is 62.0 Å². The average Bonchev–Trinajstić information content (AvgIpc) is 2.54. The zero-order chi connectivity index (χ0) is 14.3. The lowest BCUT2D eigenvalue weighted by Gasteiger charge is -2.29. The van der Waals surface area contributed by atoms with Crippen LogP contribution >= 0.6 is 0 Å². The predicted octanol–water partition coefficient (Wildman–Crippen LogP) is 3.29. The third-order valence-corrected chi connectivity index (χ3v) is 7.14. The number of rotatable bonds is 7. The molecule has 0 unspecified atom stereocenters. The van der Waals surface area contributed by atoms with E-state index in [1.165, 1.54) is 10.4 Å². The lowest BCUT2D eigenvalue weighted by molar-refractivity contribution is 0.314. The quantitative estimate of drug-likeness (QED) is 0.559. The van der Waals surface area contributed by atoms with Crippen LogP contribution in [0.25, 0.3) is 0 Å². The van der Waals surface area contributed by atoms with Gasteiger partial charge in [-0.2, -0.15) is 0 Å². The lowest BCUT2D eigenvalue weighted by Crippen LogP contribution is -2.59. The molecule has 1 nitrogen and oxygen atoms in total. The second kappa shape index (κ2) is 7.22. The Kier molecular flexibility index (Phi) is 5.33. The Morgan fingerprint density at radius 1 is 0.950 bits per heavy atom. The normalized spacial score (nSPS) is 11.2. The van der Waals surface area contributed by atoms with Crippen molar-refractivity contribution in [2.24, 2.45) is 0 Å². The van der Waals surface area contributed by atoms with Gasteiger partial charge >= 0.3 is 0 Å². The number of benzene rings is 2. The van der Waals surface area contributed by atoms with Crippen LogP contribution in [-0.2, 0) is 4.43 Å². The summed E-state index contributed by atoms with van der Waals surface area (Å²) in [6, 6.07) is 21.0. The molecule has 0 heterocycles. The monoisotopic (exact) mass is 282 g/mol. The maximum atomic E-state index is 6.41. The van der Waals surface area contributed by atoms with Crippen molar-refractivity contribution in [3.8, 4) is 0 Å². The summed E-state index contributed by atoms with van der Waals surface area (Å²) in [6.07, 6.45) is 2.23. The zero-order valence-electron chi connectivity index (χ0n) is 12.1. The van der Waals surface area contributed by atoms with E-state index in [-0.39, 0.29) is 0 Å². The summed E-state index contributed by atoms with van der Waals surface area (Å²) in [5.74, 6) is 0. The minimum absolute atomic E-state index is 0.790. The van der Waals surface area contributed by atoms with Crippen molar-refractivity contribution < 1.29 is 4.43 Å². The second-order valence-electron chi connectivity index (χ2n) is 4.87. The Morgan fingerprint density at radius 3 is 1.85 bits per heavy atom. The maximum absolute atomic E-state index is 6.41. The van der Waals surface area contributed by atoms with Gasteiger partial charge in [0.15, 0.2) is 0 Å². The summed E-state index contributed by atoms with van der Waals surface area (Å²) in [5, 5.41) is 2.52. The second-order valence-corrected chi connectivity index (χ2v) is 8.20. The molecule has 0 spiro atoms. The average molecular weight is 282 g/mol. The number of unbranched alkanes of at least 4 members (excludes halogenated alkanes) is 1. The van der Waals surface area contributed by atoms with Crippen molar-refractivity contribution >= 4 is 18.7 Å². The Balaban J connectivity index is 2.44. The highest BCUT2D eigenvalue weighted by Gasteiger charge is 2.36. The molecule has 0 saturated carbocycles. The van der Waals surface area contributed by atoms with Crippen LogP contribution in [0.1, 0.15) is 19.8 Å². The van der Waals surface area contributed by atoms with Crippen LogP contribution in [0.3, 0.4) is 0 Å². The summed E-state index contributed by atoms with van der Waals surface area (Å²) < 4.78 is 6.41. The molecule has 20 heavy (non-hydrogen) atoms.